The first-order chi connectivity index (χ1) is 8.13. The van der Waals surface area contributed by atoms with Crippen molar-refractivity contribution in [2.45, 2.75) is 39.5 Å². The Labute approximate surface area is 103 Å². The van der Waals surface area contributed by atoms with Gasteiger partial charge in [-0.15, -0.1) is 0 Å². The summed E-state index contributed by atoms with van der Waals surface area (Å²) in [6.45, 7) is 7.57. The van der Waals surface area contributed by atoms with E-state index in [2.05, 4.69) is 24.1 Å². The topological polar surface area (TPSA) is 43.4 Å². The zero-order valence-electron chi connectivity index (χ0n) is 11.1. The molecule has 1 rings (SSSR count). The first kappa shape index (κ1) is 13.9. The number of aromatic nitrogens is 1. The van der Waals surface area contributed by atoms with Gasteiger partial charge >= 0.3 is 0 Å². The summed E-state index contributed by atoms with van der Waals surface area (Å²) in [4.78, 5) is 4.13. The molecule has 1 aromatic heterocycles. The number of nitrogens with one attached hydrogen (secondary N) is 1. The summed E-state index contributed by atoms with van der Waals surface area (Å²) in [6.07, 6.45) is 3.62. The highest BCUT2D eigenvalue weighted by Crippen LogP contribution is 2.18. The summed E-state index contributed by atoms with van der Waals surface area (Å²) in [5.74, 6) is 0.873. The fourth-order valence-corrected chi connectivity index (χ4v) is 1.46. The van der Waals surface area contributed by atoms with Crippen molar-refractivity contribution in [3.8, 4) is 5.75 Å². The number of pyridine rings is 1. The molecule has 4 heteroatoms. The number of hydrogen-bond donors (Lipinski definition) is 1. The van der Waals surface area contributed by atoms with Gasteiger partial charge in [-0.1, -0.05) is 13.8 Å². The molecule has 1 heterocycles. The van der Waals surface area contributed by atoms with Crippen molar-refractivity contribution in [2.75, 3.05) is 13.7 Å². The van der Waals surface area contributed by atoms with Crippen molar-refractivity contribution < 1.29 is 9.47 Å². The second-order valence-corrected chi connectivity index (χ2v) is 4.40. The highest BCUT2D eigenvalue weighted by molar-refractivity contribution is 5.30. The molecule has 0 radical (unpaired) electrons. The van der Waals surface area contributed by atoms with Gasteiger partial charge in [-0.2, -0.15) is 0 Å². The summed E-state index contributed by atoms with van der Waals surface area (Å²) in [5, 5.41) is 3.36. The Kier molecular flexibility index (Phi) is 5.94. The van der Waals surface area contributed by atoms with E-state index < -0.39 is 0 Å². The van der Waals surface area contributed by atoms with Gasteiger partial charge in [-0.3, -0.25) is 4.98 Å². The quantitative estimate of drug-likeness (QED) is 0.789. The van der Waals surface area contributed by atoms with Crippen LogP contribution in [0.3, 0.4) is 0 Å². The molecule has 1 unspecified atom stereocenters. The minimum Gasteiger partial charge on any atom is -0.488 e. The molecule has 0 saturated carbocycles. The molecule has 17 heavy (non-hydrogen) atoms. The molecule has 4 nitrogen and oxygen atoms in total. The van der Waals surface area contributed by atoms with Gasteiger partial charge in [0, 0.05) is 37.7 Å². The number of hydrogen-bond acceptors (Lipinski definition) is 4. The average Bonchev–Trinajstić information content (AvgIpc) is 2.28. The van der Waals surface area contributed by atoms with E-state index in [9.17, 15) is 0 Å². The van der Waals surface area contributed by atoms with Gasteiger partial charge in [-0.05, 0) is 13.0 Å². The molecule has 96 valence electrons. The minimum absolute atomic E-state index is 0.0419. The molecule has 0 aromatic carbocycles. The number of nitrogens with zero attached hydrogens (tertiary/aromatic N) is 1. The van der Waals surface area contributed by atoms with E-state index in [4.69, 9.17) is 9.47 Å². The largest absolute Gasteiger partial charge is 0.488 e. The van der Waals surface area contributed by atoms with Crippen LogP contribution in [0.2, 0.25) is 0 Å². The second kappa shape index (κ2) is 7.25. The third kappa shape index (κ3) is 5.15. The zero-order chi connectivity index (χ0) is 12.7. The predicted molar refractivity (Wildman–Crippen MR) is 68.2 cm³/mol. The van der Waals surface area contributed by atoms with Crippen molar-refractivity contribution in [1.29, 1.82) is 0 Å². The van der Waals surface area contributed by atoms with Gasteiger partial charge in [0.2, 0.25) is 0 Å². The maximum Gasteiger partial charge on any atom is 0.127 e. The Morgan fingerprint density at radius 2 is 2.12 bits per heavy atom. The van der Waals surface area contributed by atoms with E-state index in [1.807, 2.05) is 19.2 Å². The molecule has 1 N–H and O–H groups in total. The minimum atomic E-state index is 0.0419. The number of methoxy groups -OCH3 is 1. The third-order valence-electron chi connectivity index (χ3n) is 2.29. The summed E-state index contributed by atoms with van der Waals surface area (Å²) in [7, 11) is 1.67. The summed E-state index contributed by atoms with van der Waals surface area (Å²) in [5.41, 5.74) is 1.07. The molecule has 0 aliphatic carbocycles. The summed E-state index contributed by atoms with van der Waals surface area (Å²) in [6, 6.07) is 2.34. The van der Waals surface area contributed by atoms with Crippen molar-refractivity contribution in [1.82, 2.24) is 10.3 Å². The summed E-state index contributed by atoms with van der Waals surface area (Å²) < 4.78 is 10.9. The lowest BCUT2D eigenvalue weighted by Crippen LogP contribution is -2.23. The van der Waals surface area contributed by atoms with Gasteiger partial charge in [0.05, 0.1) is 6.61 Å². The van der Waals surface area contributed by atoms with Crippen molar-refractivity contribution in [3.05, 3.63) is 24.0 Å². The monoisotopic (exact) mass is 238 g/mol. The van der Waals surface area contributed by atoms with Crippen LogP contribution >= 0.6 is 0 Å². The molecule has 1 aromatic rings. The molecule has 0 spiro atoms. The molecular weight excluding hydrogens is 216 g/mol. The van der Waals surface area contributed by atoms with E-state index >= 15 is 0 Å². The van der Waals surface area contributed by atoms with Gasteiger partial charge in [0.1, 0.15) is 11.9 Å². The Bertz CT molecular complexity index is 329. The van der Waals surface area contributed by atoms with Crippen LogP contribution in [0, 0.1) is 0 Å². The van der Waals surface area contributed by atoms with Crippen molar-refractivity contribution in [2.24, 2.45) is 0 Å². The molecule has 1 atom stereocenters. The molecule has 0 aliphatic rings. The highest BCUT2D eigenvalue weighted by Gasteiger charge is 2.08. The van der Waals surface area contributed by atoms with E-state index in [-0.39, 0.29) is 6.10 Å². The SMILES string of the molecule is COCC(C)Oc1ccncc1CNC(C)C. The fraction of sp³-hybridized carbons (Fsp3) is 0.615. The zero-order valence-corrected chi connectivity index (χ0v) is 11.1. The lowest BCUT2D eigenvalue weighted by Gasteiger charge is -2.17. The molecule has 0 fully saturated rings. The van der Waals surface area contributed by atoms with Gasteiger partial charge < -0.3 is 14.8 Å². The summed E-state index contributed by atoms with van der Waals surface area (Å²) >= 11 is 0. The van der Waals surface area contributed by atoms with Crippen molar-refractivity contribution in [3.63, 3.8) is 0 Å². The molecule has 0 aliphatic heterocycles. The molecule has 0 bridgehead atoms. The van der Waals surface area contributed by atoms with Crippen LogP contribution in [-0.4, -0.2) is 30.8 Å². The molecule has 0 saturated heterocycles. The molecular formula is C13H22N2O2. The molecule has 0 amide bonds. The van der Waals surface area contributed by atoms with Crippen molar-refractivity contribution >= 4 is 0 Å². The van der Waals surface area contributed by atoms with E-state index in [1.165, 1.54) is 0 Å². The fourth-order valence-electron chi connectivity index (χ4n) is 1.46. The third-order valence-corrected chi connectivity index (χ3v) is 2.29. The number of rotatable bonds is 7. The number of ether oxygens (including phenoxy) is 2. The van der Waals surface area contributed by atoms with E-state index in [1.54, 1.807) is 13.3 Å². The highest BCUT2D eigenvalue weighted by atomic mass is 16.5. The van der Waals surface area contributed by atoms with Crippen LogP contribution in [0.1, 0.15) is 26.3 Å². The van der Waals surface area contributed by atoms with Crippen LogP contribution in [0.5, 0.6) is 5.75 Å². The Hall–Kier alpha value is -1.13. The van der Waals surface area contributed by atoms with Gasteiger partial charge in [0.15, 0.2) is 0 Å². The second-order valence-electron chi connectivity index (χ2n) is 4.40. The smallest absolute Gasteiger partial charge is 0.127 e. The van der Waals surface area contributed by atoms with Crippen LogP contribution in [0.25, 0.3) is 0 Å². The Balaban J connectivity index is 2.63. The standard InChI is InChI=1S/C13H22N2O2/c1-10(2)15-8-12-7-14-6-5-13(12)17-11(3)9-16-4/h5-7,10-11,15H,8-9H2,1-4H3. The van der Waals surface area contributed by atoms with Gasteiger partial charge in [0.25, 0.3) is 0 Å². The predicted octanol–water partition coefficient (Wildman–Crippen LogP) is 1.99. The Morgan fingerprint density at radius 3 is 2.76 bits per heavy atom. The lowest BCUT2D eigenvalue weighted by molar-refractivity contribution is 0.0912. The normalized spacial score (nSPS) is 12.8. The van der Waals surface area contributed by atoms with Gasteiger partial charge in [-0.25, -0.2) is 0 Å². The van der Waals surface area contributed by atoms with Crippen LogP contribution < -0.4 is 10.1 Å². The maximum atomic E-state index is 5.81. The lowest BCUT2D eigenvalue weighted by atomic mass is 10.2. The maximum absolute atomic E-state index is 5.81. The van der Waals surface area contributed by atoms with E-state index in [0.717, 1.165) is 17.9 Å². The first-order valence-electron chi connectivity index (χ1n) is 5.95. The van der Waals surface area contributed by atoms with Crippen LogP contribution in [0.4, 0.5) is 0 Å². The van der Waals surface area contributed by atoms with E-state index in [0.29, 0.717) is 12.6 Å². The first-order valence-corrected chi connectivity index (χ1v) is 5.95. The van der Waals surface area contributed by atoms with Crippen LogP contribution in [0.15, 0.2) is 18.5 Å². The van der Waals surface area contributed by atoms with Crippen LogP contribution in [-0.2, 0) is 11.3 Å². The average molecular weight is 238 g/mol. The Morgan fingerprint density at radius 1 is 1.35 bits per heavy atom.